The molecule has 0 fully saturated rings. The summed E-state index contributed by atoms with van der Waals surface area (Å²) in [5, 5.41) is 0. The van der Waals surface area contributed by atoms with Crippen molar-refractivity contribution in [3.05, 3.63) is 32.9 Å². The first-order chi connectivity index (χ1) is 6.16. The Kier molecular flexibility index (Phi) is 1.48. The van der Waals surface area contributed by atoms with Crippen LogP contribution < -0.4 is 11.3 Å². The number of nitrogens with zero attached hydrogens (tertiary/aromatic N) is 2. The molecule has 66 valence electrons. The minimum Gasteiger partial charge on any atom is -0.411 e. The quantitative estimate of drug-likeness (QED) is 0.524. The maximum atomic E-state index is 10.7. The lowest BCUT2D eigenvalue weighted by Gasteiger charge is -1.92. The monoisotopic (exact) mass is 180 g/mol. The first-order valence-electron chi connectivity index (χ1n) is 3.44. The van der Waals surface area contributed by atoms with Crippen LogP contribution in [0, 0.1) is 6.92 Å². The lowest BCUT2D eigenvalue weighted by Crippen LogP contribution is -2.21. The van der Waals surface area contributed by atoms with Gasteiger partial charge < -0.3 is 8.83 Å². The molecule has 13 heavy (non-hydrogen) atoms. The maximum absolute atomic E-state index is 10.7. The summed E-state index contributed by atoms with van der Waals surface area (Å²) < 4.78 is 9.12. The second kappa shape index (κ2) is 2.51. The molecule has 0 aromatic carbocycles. The zero-order valence-electron chi connectivity index (χ0n) is 6.60. The summed E-state index contributed by atoms with van der Waals surface area (Å²) >= 11 is 0. The lowest BCUT2D eigenvalue weighted by molar-refractivity contribution is 0.440. The minimum atomic E-state index is -1.06. The van der Waals surface area contributed by atoms with E-state index < -0.39 is 11.3 Å². The molecule has 2 aromatic heterocycles. The molecule has 0 amide bonds. The van der Waals surface area contributed by atoms with Crippen LogP contribution in [0.2, 0.25) is 0 Å². The van der Waals surface area contributed by atoms with E-state index in [2.05, 4.69) is 18.8 Å². The zero-order valence-corrected chi connectivity index (χ0v) is 6.60. The van der Waals surface area contributed by atoms with E-state index in [9.17, 15) is 9.59 Å². The fraction of sp³-hybridized carbons (Fsp3) is 0.143. The molecule has 0 bridgehead atoms. The van der Waals surface area contributed by atoms with Gasteiger partial charge in [0.1, 0.15) is 5.82 Å². The highest BCUT2D eigenvalue weighted by Crippen LogP contribution is 2.04. The highest BCUT2D eigenvalue weighted by Gasteiger charge is 2.05. The molecule has 0 aliphatic carbocycles. The normalized spacial score (nSPS) is 10.5. The highest BCUT2D eigenvalue weighted by molar-refractivity contribution is 5.62. The Morgan fingerprint density at radius 3 is 2.69 bits per heavy atom. The summed E-state index contributed by atoms with van der Waals surface area (Å²) in [6.07, 6.45) is 1.28. The lowest BCUT2D eigenvalue weighted by atomic mass is 10.5. The number of hydrogen-bond acceptors (Lipinski definition) is 6. The largest absolute Gasteiger partial charge is 0.424 e. The molecule has 0 N–H and O–H groups in total. The van der Waals surface area contributed by atoms with E-state index in [0.717, 1.165) is 0 Å². The van der Waals surface area contributed by atoms with E-state index >= 15 is 0 Å². The Balaban J connectivity index is 2.97. The average Bonchev–Trinajstić information content (AvgIpc) is 2.08. The van der Waals surface area contributed by atoms with Crippen molar-refractivity contribution in [3.63, 3.8) is 0 Å². The maximum Gasteiger partial charge on any atom is 0.424 e. The van der Waals surface area contributed by atoms with Crippen molar-refractivity contribution in [1.29, 1.82) is 0 Å². The van der Waals surface area contributed by atoms with Crippen molar-refractivity contribution in [3.8, 4) is 0 Å². The Bertz CT molecular complexity index is 568. The molecule has 0 saturated carbocycles. The number of hydrogen-bond donors (Lipinski definition) is 0. The van der Waals surface area contributed by atoms with Gasteiger partial charge in [0.25, 0.3) is 5.71 Å². The molecular weight excluding hydrogens is 176 g/mol. The van der Waals surface area contributed by atoms with Crippen LogP contribution in [0.4, 0.5) is 0 Å². The molecule has 6 heteroatoms. The van der Waals surface area contributed by atoms with Gasteiger partial charge in [-0.25, -0.2) is 14.6 Å². The molecular formula is C7H4N2O4. The fourth-order valence-electron chi connectivity index (χ4n) is 0.852. The minimum absolute atomic E-state index is 0.0166. The third kappa shape index (κ3) is 1.22. The zero-order chi connectivity index (χ0) is 9.42. The van der Waals surface area contributed by atoms with E-state index in [-0.39, 0.29) is 11.3 Å². The SMILES string of the molecule is Cc1ncc2oc(=O)c(=O)oc2n1. The molecule has 0 spiro atoms. The summed E-state index contributed by atoms with van der Waals surface area (Å²) in [5.74, 6) is 0.435. The Morgan fingerprint density at radius 1 is 1.23 bits per heavy atom. The van der Waals surface area contributed by atoms with Gasteiger partial charge in [-0.15, -0.1) is 0 Å². The number of rotatable bonds is 0. The predicted octanol–water partition coefficient (Wildman–Crippen LogP) is -0.155. The highest BCUT2D eigenvalue weighted by atomic mass is 16.5. The van der Waals surface area contributed by atoms with Crippen LogP contribution in [0.1, 0.15) is 5.82 Å². The molecule has 6 nitrogen and oxygen atoms in total. The van der Waals surface area contributed by atoms with Gasteiger partial charge >= 0.3 is 11.3 Å². The van der Waals surface area contributed by atoms with E-state index in [1.165, 1.54) is 6.20 Å². The van der Waals surface area contributed by atoms with Crippen LogP contribution >= 0.6 is 0 Å². The summed E-state index contributed by atoms with van der Waals surface area (Å²) in [4.78, 5) is 28.9. The van der Waals surface area contributed by atoms with E-state index in [4.69, 9.17) is 0 Å². The second-order valence-electron chi connectivity index (χ2n) is 2.37. The van der Waals surface area contributed by atoms with Gasteiger partial charge in [-0.05, 0) is 6.92 Å². The fourth-order valence-corrected chi connectivity index (χ4v) is 0.852. The summed E-state index contributed by atoms with van der Waals surface area (Å²) in [6.45, 7) is 1.63. The molecule has 0 aliphatic rings. The van der Waals surface area contributed by atoms with Crippen LogP contribution in [-0.4, -0.2) is 9.97 Å². The molecule has 2 aromatic rings. The van der Waals surface area contributed by atoms with Gasteiger partial charge in [0, 0.05) is 0 Å². The van der Waals surface area contributed by atoms with Crippen LogP contribution in [-0.2, 0) is 0 Å². The Morgan fingerprint density at radius 2 is 1.92 bits per heavy atom. The second-order valence-corrected chi connectivity index (χ2v) is 2.37. The number of aromatic nitrogens is 2. The Hall–Kier alpha value is -1.98. The average molecular weight is 180 g/mol. The molecule has 0 atom stereocenters. The molecule has 2 heterocycles. The molecule has 0 unspecified atom stereocenters. The Labute approximate surface area is 70.8 Å². The van der Waals surface area contributed by atoms with Gasteiger partial charge in [-0.2, -0.15) is 4.98 Å². The van der Waals surface area contributed by atoms with Crippen molar-refractivity contribution in [1.82, 2.24) is 9.97 Å². The van der Waals surface area contributed by atoms with Gasteiger partial charge in [0.2, 0.25) is 5.58 Å². The predicted molar refractivity (Wildman–Crippen MR) is 41.3 cm³/mol. The van der Waals surface area contributed by atoms with Gasteiger partial charge in [-0.3, -0.25) is 0 Å². The van der Waals surface area contributed by atoms with E-state index in [1.54, 1.807) is 6.92 Å². The van der Waals surface area contributed by atoms with Crippen LogP contribution in [0.15, 0.2) is 24.6 Å². The standard InChI is InChI=1S/C7H4N2O4/c1-3-8-2-4-5(9-3)13-7(11)6(10)12-4/h2H,1H3. The van der Waals surface area contributed by atoms with Gasteiger partial charge in [0.15, 0.2) is 0 Å². The summed E-state index contributed by atoms with van der Waals surface area (Å²) in [6, 6.07) is 0. The molecule has 2 rings (SSSR count). The third-order valence-corrected chi connectivity index (χ3v) is 1.40. The topological polar surface area (TPSA) is 86.2 Å². The van der Waals surface area contributed by atoms with Gasteiger partial charge in [-0.1, -0.05) is 0 Å². The molecule has 0 aliphatic heterocycles. The van der Waals surface area contributed by atoms with E-state index in [1.807, 2.05) is 0 Å². The molecule has 0 radical (unpaired) electrons. The molecule has 0 saturated heterocycles. The summed E-state index contributed by atoms with van der Waals surface area (Å²) in [7, 11) is 0. The van der Waals surface area contributed by atoms with E-state index in [0.29, 0.717) is 5.82 Å². The van der Waals surface area contributed by atoms with Crippen molar-refractivity contribution in [2.75, 3.05) is 0 Å². The first kappa shape index (κ1) is 7.66. The third-order valence-electron chi connectivity index (χ3n) is 1.40. The van der Waals surface area contributed by atoms with Crippen molar-refractivity contribution < 1.29 is 8.83 Å². The van der Waals surface area contributed by atoms with Crippen LogP contribution in [0.5, 0.6) is 0 Å². The van der Waals surface area contributed by atoms with Crippen LogP contribution in [0.25, 0.3) is 11.3 Å². The van der Waals surface area contributed by atoms with Crippen LogP contribution in [0.3, 0.4) is 0 Å². The number of fused-ring (bicyclic) bond motifs is 1. The smallest absolute Gasteiger partial charge is 0.411 e. The van der Waals surface area contributed by atoms with Gasteiger partial charge in [0.05, 0.1) is 6.20 Å². The first-order valence-corrected chi connectivity index (χ1v) is 3.44. The van der Waals surface area contributed by atoms with Crippen molar-refractivity contribution >= 4 is 11.3 Å². The number of aryl methyl sites for hydroxylation is 1. The van der Waals surface area contributed by atoms with Crippen molar-refractivity contribution in [2.24, 2.45) is 0 Å². The van der Waals surface area contributed by atoms with Crippen molar-refractivity contribution in [2.45, 2.75) is 6.92 Å². The summed E-state index contributed by atoms with van der Waals surface area (Å²) in [5.41, 5.74) is -2.07.